The van der Waals surface area contributed by atoms with Crippen LogP contribution < -0.4 is 4.74 Å². The number of ether oxygens (including phenoxy) is 1. The van der Waals surface area contributed by atoms with E-state index in [0.29, 0.717) is 12.4 Å². The molecule has 0 heterocycles. The van der Waals surface area contributed by atoms with Gasteiger partial charge in [0.25, 0.3) is 0 Å². The average Bonchev–Trinajstić information content (AvgIpc) is 2.09. The fourth-order valence-electron chi connectivity index (χ4n) is 1.05. The Morgan fingerprint density at radius 1 is 1.38 bits per heavy atom. The molecule has 0 radical (unpaired) electrons. The lowest BCUT2D eigenvalue weighted by atomic mass is 10.2. The Labute approximate surface area is 78.5 Å². The van der Waals surface area contributed by atoms with Gasteiger partial charge in [-0.3, -0.25) is 0 Å². The quantitative estimate of drug-likeness (QED) is 0.649. The van der Waals surface area contributed by atoms with E-state index in [0.717, 1.165) is 18.4 Å². The third kappa shape index (κ3) is 3.05. The van der Waals surface area contributed by atoms with Gasteiger partial charge in [0.15, 0.2) is 11.6 Å². The van der Waals surface area contributed by atoms with Gasteiger partial charge in [-0.25, -0.2) is 4.39 Å². The highest BCUT2D eigenvalue weighted by Gasteiger charge is 2.01. The number of rotatable bonds is 4. The van der Waals surface area contributed by atoms with Crippen LogP contribution in [0.5, 0.6) is 5.75 Å². The van der Waals surface area contributed by atoms with E-state index in [1.54, 1.807) is 6.07 Å². The van der Waals surface area contributed by atoms with Crippen molar-refractivity contribution in [3.8, 4) is 5.75 Å². The van der Waals surface area contributed by atoms with Crippen molar-refractivity contribution in [1.29, 1.82) is 0 Å². The van der Waals surface area contributed by atoms with E-state index in [9.17, 15) is 4.39 Å². The van der Waals surface area contributed by atoms with Crippen molar-refractivity contribution in [2.24, 2.45) is 0 Å². The Bertz CT molecular complexity index is 271. The topological polar surface area (TPSA) is 9.23 Å². The van der Waals surface area contributed by atoms with Crippen molar-refractivity contribution in [3.63, 3.8) is 0 Å². The lowest BCUT2D eigenvalue weighted by Gasteiger charge is -2.06. The molecule has 2 heteroatoms. The first-order valence-corrected chi connectivity index (χ1v) is 4.63. The van der Waals surface area contributed by atoms with Crippen LogP contribution in [0, 0.1) is 12.7 Å². The molecule has 1 aromatic rings. The lowest BCUT2D eigenvalue weighted by molar-refractivity contribution is 0.294. The summed E-state index contributed by atoms with van der Waals surface area (Å²) in [4.78, 5) is 0. The maximum absolute atomic E-state index is 13.2. The molecule has 1 rings (SSSR count). The molecule has 0 bridgehead atoms. The Hall–Kier alpha value is -1.05. The second kappa shape index (κ2) is 4.85. The molecule has 72 valence electrons. The predicted molar refractivity (Wildman–Crippen MR) is 51.5 cm³/mol. The van der Waals surface area contributed by atoms with Gasteiger partial charge in [0, 0.05) is 0 Å². The van der Waals surface area contributed by atoms with Crippen molar-refractivity contribution in [2.75, 3.05) is 6.61 Å². The van der Waals surface area contributed by atoms with Crippen LogP contribution in [-0.2, 0) is 0 Å². The van der Waals surface area contributed by atoms with Crippen molar-refractivity contribution < 1.29 is 9.13 Å². The fourth-order valence-corrected chi connectivity index (χ4v) is 1.05. The van der Waals surface area contributed by atoms with Crippen LogP contribution in [0.3, 0.4) is 0 Å². The van der Waals surface area contributed by atoms with Crippen LogP contribution in [-0.4, -0.2) is 6.61 Å². The molecule has 0 unspecified atom stereocenters. The molecule has 0 aliphatic heterocycles. The van der Waals surface area contributed by atoms with Gasteiger partial charge >= 0.3 is 0 Å². The molecular weight excluding hydrogens is 167 g/mol. The third-order valence-electron chi connectivity index (χ3n) is 1.84. The van der Waals surface area contributed by atoms with Gasteiger partial charge in [-0.1, -0.05) is 19.4 Å². The number of hydrogen-bond donors (Lipinski definition) is 0. The van der Waals surface area contributed by atoms with E-state index < -0.39 is 0 Å². The average molecular weight is 182 g/mol. The Morgan fingerprint density at radius 3 is 2.77 bits per heavy atom. The Kier molecular flexibility index (Phi) is 3.74. The largest absolute Gasteiger partial charge is 0.491 e. The summed E-state index contributed by atoms with van der Waals surface area (Å²) in [5, 5.41) is 0. The normalized spacial score (nSPS) is 10.1. The van der Waals surface area contributed by atoms with Crippen LogP contribution in [0.2, 0.25) is 0 Å². The van der Waals surface area contributed by atoms with Gasteiger partial charge in [-0.15, -0.1) is 0 Å². The number of halogens is 1. The predicted octanol–water partition coefficient (Wildman–Crippen LogP) is 3.31. The molecule has 0 atom stereocenters. The van der Waals surface area contributed by atoms with Crippen molar-refractivity contribution in [1.82, 2.24) is 0 Å². The van der Waals surface area contributed by atoms with Gasteiger partial charge in [0.05, 0.1) is 6.61 Å². The molecule has 0 saturated carbocycles. The Balaban J connectivity index is 2.56. The van der Waals surface area contributed by atoms with Crippen molar-refractivity contribution in [2.45, 2.75) is 26.7 Å². The van der Waals surface area contributed by atoms with Crippen LogP contribution in [0.4, 0.5) is 4.39 Å². The summed E-state index contributed by atoms with van der Waals surface area (Å²) < 4.78 is 18.4. The summed E-state index contributed by atoms with van der Waals surface area (Å²) in [7, 11) is 0. The molecule has 1 nitrogen and oxygen atoms in total. The molecule has 0 aromatic heterocycles. The summed E-state index contributed by atoms with van der Waals surface area (Å²) >= 11 is 0. The first-order valence-electron chi connectivity index (χ1n) is 4.63. The van der Waals surface area contributed by atoms with Crippen molar-refractivity contribution in [3.05, 3.63) is 29.6 Å². The maximum atomic E-state index is 13.2. The van der Waals surface area contributed by atoms with Crippen LogP contribution in [0.15, 0.2) is 18.2 Å². The first-order chi connectivity index (χ1) is 6.24. The second-order valence-corrected chi connectivity index (χ2v) is 3.14. The van der Waals surface area contributed by atoms with E-state index in [1.807, 2.05) is 13.0 Å². The van der Waals surface area contributed by atoms with E-state index in [4.69, 9.17) is 4.74 Å². The van der Waals surface area contributed by atoms with Gasteiger partial charge in [0.1, 0.15) is 0 Å². The molecule has 0 spiro atoms. The summed E-state index contributed by atoms with van der Waals surface area (Å²) in [6.07, 6.45) is 2.03. The molecule has 0 saturated heterocycles. The van der Waals surface area contributed by atoms with Gasteiger partial charge in [-0.2, -0.15) is 0 Å². The molecule has 0 fully saturated rings. The summed E-state index contributed by atoms with van der Waals surface area (Å²) in [6, 6.07) is 5.02. The second-order valence-electron chi connectivity index (χ2n) is 3.14. The van der Waals surface area contributed by atoms with E-state index >= 15 is 0 Å². The summed E-state index contributed by atoms with van der Waals surface area (Å²) in [5.74, 6) is 0.0927. The Morgan fingerprint density at radius 2 is 2.15 bits per heavy atom. The molecule has 0 amide bonds. The van der Waals surface area contributed by atoms with Gasteiger partial charge in [0.2, 0.25) is 0 Å². The van der Waals surface area contributed by atoms with Gasteiger partial charge in [-0.05, 0) is 31.0 Å². The molecule has 13 heavy (non-hydrogen) atoms. The summed E-state index contributed by atoms with van der Waals surface area (Å²) in [5.41, 5.74) is 0.917. The molecule has 1 aromatic carbocycles. The standard InChI is InChI=1S/C11H15FO/c1-3-4-7-13-11-6-5-9(2)8-10(11)12/h5-6,8H,3-4,7H2,1-2H3. The number of benzene rings is 1. The number of hydrogen-bond acceptors (Lipinski definition) is 1. The zero-order valence-corrected chi connectivity index (χ0v) is 8.14. The highest BCUT2D eigenvalue weighted by atomic mass is 19.1. The highest BCUT2D eigenvalue weighted by Crippen LogP contribution is 2.17. The molecular formula is C11H15FO. The minimum absolute atomic E-state index is 0.267. The maximum Gasteiger partial charge on any atom is 0.165 e. The van der Waals surface area contributed by atoms with E-state index in [1.165, 1.54) is 6.07 Å². The monoisotopic (exact) mass is 182 g/mol. The molecule has 0 aliphatic rings. The number of unbranched alkanes of at least 4 members (excludes halogenated alkanes) is 1. The number of aryl methyl sites for hydroxylation is 1. The van der Waals surface area contributed by atoms with E-state index in [-0.39, 0.29) is 5.82 Å². The minimum Gasteiger partial charge on any atom is -0.491 e. The SMILES string of the molecule is CCCCOc1ccc(C)cc1F. The first kappa shape index (κ1) is 10.0. The fraction of sp³-hybridized carbons (Fsp3) is 0.455. The summed E-state index contributed by atoms with van der Waals surface area (Å²) in [6.45, 7) is 4.53. The van der Waals surface area contributed by atoms with Crippen LogP contribution in [0.25, 0.3) is 0 Å². The zero-order chi connectivity index (χ0) is 9.68. The highest BCUT2D eigenvalue weighted by molar-refractivity contribution is 5.28. The van der Waals surface area contributed by atoms with Crippen LogP contribution in [0.1, 0.15) is 25.3 Å². The van der Waals surface area contributed by atoms with E-state index in [2.05, 4.69) is 6.92 Å². The minimum atomic E-state index is -0.267. The molecule has 0 N–H and O–H groups in total. The third-order valence-corrected chi connectivity index (χ3v) is 1.84. The lowest BCUT2D eigenvalue weighted by Crippen LogP contribution is -1.98. The van der Waals surface area contributed by atoms with Crippen molar-refractivity contribution >= 4 is 0 Å². The smallest absolute Gasteiger partial charge is 0.165 e. The molecule has 0 aliphatic carbocycles. The zero-order valence-electron chi connectivity index (χ0n) is 8.14. The van der Waals surface area contributed by atoms with Crippen LogP contribution >= 0.6 is 0 Å². The van der Waals surface area contributed by atoms with Gasteiger partial charge < -0.3 is 4.74 Å².